The fraction of sp³-hybridized carbons (Fsp3) is 0.286. The minimum absolute atomic E-state index is 0.270. The molecule has 0 spiro atoms. The summed E-state index contributed by atoms with van der Waals surface area (Å²) in [6, 6.07) is 14.6. The maximum atomic E-state index is 13.7. The molecule has 0 saturated carbocycles. The molecule has 2 aromatic carbocycles. The molecule has 134 valence electrons. The number of hydrogen-bond acceptors (Lipinski definition) is 3. The van der Waals surface area contributed by atoms with E-state index >= 15 is 0 Å². The third-order valence-corrected chi connectivity index (χ3v) is 5.18. The highest BCUT2D eigenvalue weighted by atomic mass is 35.5. The molecule has 3 aromatic rings. The molecule has 4 rings (SSSR count). The van der Waals surface area contributed by atoms with Gasteiger partial charge in [-0.2, -0.15) is 0 Å². The Balaban J connectivity index is 1.78. The van der Waals surface area contributed by atoms with Gasteiger partial charge >= 0.3 is 0 Å². The van der Waals surface area contributed by atoms with Gasteiger partial charge in [-0.05, 0) is 42.9 Å². The van der Waals surface area contributed by atoms with E-state index in [2.05, 4.69) is 22.9 Å². The zero-order chi connectivity index (χ0) is 18.1. The first-order valence-corrected chi connectivity index (χ1v) is 9.22. The molecule has 1 fully saturated rings. The Labute approximate surface area is 158 Å². The van der Waals surface area contributed by atoms with Crippen LogP contribution in [-0.2, 0) is 6.54 Å². The van der Waals surface area contributed by atoms with Crippen molar-refractivity contribution in [1.82, 2.24) is 14.8 Å². The van der Waals surface area contributed by atoms with E-state index in [1.54, 1.807) is 6.07 Å². The number of pyridine rings is 1. The molecule has 3 nitrogen and oxygen atoms in total. The maximum absolute atomic E-state index is 13.7. The Kier molecular flexibility index (Phi) is 4.90. The van der Waals surface area contributed by atoms with Crippen molar-refractivity contribution in [2.45, 2.75) is 6.54 Å². The molecule has 0 unspecified atom stereocenters. The van der Waals surface area contributed by atoms with Crippen molar-refractivity contribution in [1.29, 1.82) is 0 Å². The van der Waals surface area contributed by atoms with Crippen LogP contribution in [0.4, 0.5) is 4.39 Å². The monoisotopic (exact) mass is 369 g/mol. The SMILES string of the molecule is CN1CCN(Cc2cc3ccc(F)cc3nc2-c2cccc(Cl)c2)CC1. The lowest BCUT2D eigenvalue weighted by molar-refractivity contribution is 0.148. The Bertz CT molecular complexity index is 936. The van der Waals surface area contributed by atoms with Gasteiger partial charge in [0.2, 0.25) is 0 Å². The molecule has 0 N–H and O–H groups in total. The molecule has 2 heterocycles. The fourth-order valence-electron chi connectivity index (χ4n) is 3.44. The van der Waals surface area contributed by atoms with Gasteiger partial charge in [0.15, 0.2) is 0 Å². The molecule has 26 heavy (non-hydrogen) atoms. The summed E-state index contributed by atoms with van der Waals surface area (Å²) in [4.78, 5) is 9.58. The van der Waals surface area contributed by atoms with Gasteiger partial charge in [0.25, 0.3) is 0 Å². The van der Waals surface area contributed by atoms with Crippen LogP contribution >= 0.6 is 11.6 Å². The second-order valence-electron chi connectivity index (χ2n) is 6.92. The number of aromatic nitrogens is 1. The number of likely N-dealkylation sites (N-methyl/N-ethyl adjacent to an activating group) is 1. The molecular formula is C21H21ClFN3. The van der Waals surface area contributed by atoms with E-state index in [-0.39, 0.29) is 5.82 Å². The quantitative estimate of drug-likeness (QED) is 0.680. The number of rotatable bonds is 3. The summed E-state index contributed by atoms with van der Waals surface area (Å²) in [5, 5.41) is 1.63. The van der Waals surface area contributed by atoms with E-state index in [1.807, 2.05) is 24.3 Å². The van der Waals surface area contributed by atoms with Crippen LogP contribution in [-0.4, -0.2) is 48.0 Å². The second-order valence-corrected chi connectivity index (χ2v) is 7.36. The molecule has 0 bridgehead atoms. The maximum Gasteiger partial charge on any atom is 0.125 e. The second kappa shape index (κ2) is 7.31. The molecule has 1 aliphatic heterocycles. The van der Waals surface area contributed by atoms with E-state index < -0.39 is 0 Å². The Hall–Kier alpha value is -2.01. The van der Waals surface area contributed by atoms with Gasteiger partial charge in [-0.1, -0.05) is 23.7 Å². The van der Waals surface area contributed by atoms with Crippen molar-refractivity contribution < 1.29 is 4.39 Å². The Morgan fingerprint density at radius 1 is 1.04 bits per heavy atom. The van der Waals surface area contributed by atoms with Crippen molar-refractivity contribution in [3.05, 3.63) is 64.9 Å². The molecule has 0 radical (unpaired) electrons. The third-order valence-electron chi connectivity index (χ3n) is 4.95. The largest absolute Gasteiger partial charge is 0.304 e. The summed E-state index contributed by atoms with van der Waals surface area (Å²) in [6.45, 7) is 5.04. The highest BCUT2D eigenvalue weighted by Crippen LogP contribution is 2.29. The van der Waals surface area contributed by atoms with Crippen LogP contribution in [0.1, 0.15) is 5.56 Å². The number of halogens is 2. The lowest BCUT2D eigenvalue weighted by Crippen LogP contribution is -2.43. The molecule has 1 aromatic heterocycles. The summed E-state index contributed by atoms with van der Waals surface area (Å²) in [7, 11) is 2.15. The van der Waals surface area contributed by atoms with Crippen LogP contribution < -0.4 is 0 Å². The fourth-order valence-corrected chi connectivity index (χ4v) is 3.63. The van der Waals surface area contributed by atoms with Gasteiger partial charge in [0, 0.05) is 54.8 Å². The van der Waals surface area contributed by atoms with E-state index in [4.69, 9.17) is 16.6 Å². The highest BCUT2D eigenvalue weighted by Gasteiger charge is 2.17. The topological polar surface area (TPSA) is 19.4 Å². The number of fused-ring (bicyclic) bond motifs is 1. The third kappa shape index (κ3) is 3.73. The van der Waals surface area contributed by atoms with Gasteiger partial charge in [-0.15, -0.1) is 0 Å². The predicted octanol–water partition coefficient (Wildman–Crippen LogP) is 4.44. The minimum Gasteiger partial charge on any atom is -0.304 e. The first-order valence-electron chi connectivity index (χ1n) is 8.84. The summed E-state index contributed by atoms with van der Waals surface area (Å²) in [5.41, 5.74) is 3.66. The van der Waals surface area contributed by atoms with E-state index in [0.717, 1.165) is 54.9 Å². The first kappa shape index (κ1) is 17.4. The van der Waals surface area contributed by atoms with Gasteiger partial charge in [0.05, 0.1) is 11.2 Å². The summed E-state index contributed by atoms with van der Waals surface area (Å²) < 4.78 is 13.7. The lowest BCUT2D eigenvalue weighted by Gasteiger charge is -2.32. The normalized spacial score (nSPS) is 16.3. The lowest BCUT2D eigenvalue weighted by atomic mass is 10.0. The zero-order valence-corrected chi connectivity index (χ0v) is 15.5. The molecule has 0 atom stereocenters. The van der Waals surface area contributed by atoms with Crippen molar-refractivity contribution in [2.24, 2.45) is 0 Å². The highest BCUT2D eigenvalue weighted by molar-refractivity contribution is 6.30. The summed E-state index contributed by atoms with van der Waals surface area (Å²) in [6.07, 6.45) is 0. The average Bonchev–Trinajstić information content (AvgIpc) is 2.63. The van der Waals surface area contributed by atoms with Gasteiger partial charge in [-0.25, -0.2) is 9.37 Å². The molecule has 0 aliphatic carbocycles. The zero-order valence-electron chi connectivity index (χ0n) is 14.8. The predicted molar refractivity (Wildman–Crippen MR) is 105 cm³/mol. The van der Waals surface area contributed by atoms with Crippen molar-refractivity contribution in [2.75, 3.05) is 33.2 Å². The van der Waals surface area contributed by atoms with Gasteiger partial charge < -0.3 is 4.90 Å². The van der Waals surface area contributed by atoms with Crippen LogP contribution in [0.3, 0.4) is 0 Å². The Morgan fingerprint density at radius 2 is 1.85 bits per heavy atom. The molecule has 1 aliphatic rings. The number of benzene rings is 2. The first-order chi connectivity index (χ1) is 12.6. The molecule has 0 amide bonds. The minimum atomic E-state index is -0.270. The molecule has 1 saturated heterocycles. The summed E-state index contributed by atoms with van der Waals surface area (Å²) >= 11 is 6.19. The van der Waals surface area contributed by atoms with Crippen LogP contribution in [0.2, 0.25) is 5.02 Å². The summed E-state index contributed by atoms with van der Waals surface area (Å²) in [5.74, 6) is -0.270. The van der Waals surface area contributed by atoms with Crippen molar-refractivity contribution in [3.63, 3.8) is 0 Å². The van der Waals surface area contributed by atoms with Crippen LogP contribution in [0.5, 0.6) is 0 Å². The van der Waals surface area contributed by atoms with Crippen LogP contribution in [0.15, 0.2) is 48.5 Å². The molecular weight excluding hydrogens is 349 g/mol. The number of hydrogen-bond donors (Lipinski definition) is 0. The number of nitrogens with zero attached hydrogens (tertiary/aromatic N) is 3. The van der Waals surface area contributed by atoms with Crippen LogP contribution in [0.25, 0.3) is 22.2 Å². The van der Waals surface area contributed by atoms with Gasteiger partial charge in [-0.3, -0.25) is 4.90 Å². The van der Waals surface area contributed by atoms with Crippen LogP contribution in [0, 0.1) is 5.82 Å². The van der Waals surface area contributed by atoms with Crippen molar-refractivity contribution >= 4 is 22.5 Å². The van der Waals surface area contributed by atoms with Gasteiger partial charge in [0.1, 0.15) is 5.82 Å². The van der Waals surface area contributed by atoms with E-state index in [1.165, 1.54) is 12.1 Å². The molecule has 5 heteroatoms. The number of piperazine rings is 1. The van der Waals surface area contributed by atoms with Crippen molar-refractivity contribution in [3.8, 4) is 11.3 Å². The van der Waals surface area contributed by atoms with E-state index in [0.29, 0.717) is 10.5 Å². The smallest absolute Gasteiger partial charge is 0.125 e. The average molecular weight is 370 g/mol. The Morgan fingerprint density at radius 3 is 2.62 bits per heavy atom. The standard InChI is InChI=1S/C21H21ClFN3/c1-25-7-9-26(10-8-25)14-17-11-15-5-6-19(23)13-20(15)24-21(17)16-3-2-4-18(22)12-16/h2-6,11-13H,7-10,14H2,1H3. The van der Waals surface area contributed by atoms with E-state index in [9.17, 15) is 4.39 Å².